The summed E-state index contributed by atoms with van der Waals surface area (Å²) in [5.74, 6) is 0.847. The number of nitrogens with zero attached hydrogens (tertiary/aromatic N) is 2. The Hall–Kier alpha value is -0.990. The van der Waals surface area contributed by atoms with E-state index in [4.69, 9.17) is 4.74 Å². The summed E-state index contributed by atoms with van der Waals surface area (Å²) in [4.78, 5) is 14.4. The first kappa shape index (κ1) is 15.4. The third-order valence-electron chi connectivity index (χ3n) is 2.35. The number of benzene rings is 1. The molecule has 0 radical (unpaired) electrons. The van der Waals surface area contributed by atoms with Gasteiger partial charge in [0.15, 0.2) is 5.75 Å². The first-order valence-corrected chi connectivity index (χ1v) is 8.04. The van der Waals surface area contributed by atoms with Gasteiger partial charge in [0.2, 0.25) is 5.88 Å². The summed E-state index contributed by atoms with van der Waals surface area (Å²) in [6.07, 6.45) is 1.69. The number of pyridine rings is 1. The van der Waals surface area contributed by atoms with Gasteiger partial charge in [0, 0.05) is 29.7 Å². The van der Waals surface area contributed by atoms with Crippen molar-refractivity contribution in [2.24, 2.45) is 0 Å². The van der Waals surface area contributed by atoms with Crippen LogP contribution in [0.4, 0.5) is 5.69 Å². The van der Waals surface area contributed by atoms with Gasteiger partial charge in [0.05, 0.1) is 13.9 Å². The molecule has 0 saturated carbocycles. The second kappa shape index (κ2) is 6.64. The monoisotopic (exact) mass is 464 g/mol. The molecule has 104 valence electrons. The predicted molar refractivity (Wildman–Crippen MR) is 85.4 cm³/mol. The van der Waals surface area contributed by atoms with E-state index in [0.717, 1.165) is 5.56 Å². The molecule has 1 heterocycles. The number of hydrogen-bond acceptors (Lipinski definition) is 4. The molecule has 1 aromatic carbocycles. The van der Waals surface area contributed by atoms with Crippen molar-refractivity contribution in [3.8, 4) is 11.6 Å². The van der Waals surface area contributed by atoms with E-state index in [1.165, 1.54) is 12.1 Å². The zero-order valence-corrected chi connectivity index (χ0v) is 14.6. The minimum absolute atomic E-state index is 0.0290. The molecule has 8 heteroatoms. The van der Waals surface area contributed by atoms with E-state index in [1.54, 1.807) is 12.3 Å². The summed E-state index contributed by atoms with van der Waals surface area (Å²) >= 11 is 9.85. The van der Waals surface area contributed by atoms with Crippen LogP contribution in [0.2, 0.25) is 0 Å². The van der Waals surface area contributed by atoms with Crippen LogP contribution in [0.15, 0.2) is 39.4 Å². The highest BCUT2D eigenvalue weighted by atomic mass is 79.9. The van der Waals surface area contributed by atoms with E-state index < -0.39 is 4.92 Å². The SMILES string of the molecule is O=[N+]([O-])c1cc(Br)c(Oc2ccc(CBr)cn2)c(Br)c1. The Bertz CT molecular complexity index is 624. The number of hydrogen-bond donors (Lipinski definition) is 0. The standard InChI is InChI=1S/C12H7Br3N2O3/c13-5-7-1-2-11(16-6-7)20-12-9(14)3-8(17(18)19)4-10(12)15/h1-4,6H,5H2. The molecule has 0 atom stereocenters. The summed E-state index contributed by atoms with van der Waals surface area (Å²) in [6.45, 7) is 0. The topological polar surface area (TPSA) is 65.3 Å². The van der Waals surface area contributed by atoms with Crippen molar-refractivity contribution in [1.29, 1.82) is 0 Å². The van der Waals surface area contributed by atoms with Crippen molar-refractivity contribution in [3.63, 3.8) is 0 Å². The average Bonchev–Trinajstić information content (AvgIpc) is 2.43. The van der Waals surface area contributed by atoms with Crippen molar-refractivity contribution >= 4 is 53.5 Å². The molecule has 0 bridgehead atoms. The first-order valence-electron chi connectivity index (χ1n) is 5.33. The Balaban J connectivity index is 2.30. The second-order valence-corrected chi connectivity index (χ2v) is 6.01. The number of alkyl halides is 1. The maximum atomic E-state index is 10.8. The molecule has 0 fully saturated rings. The van der Waals surface area contributed by atoms with E-state index in [2.05, 4.69) is 52.8 Å². The third kappa shape index (κ3) is 3.56. The number of halogens is 3. The fourth-order valence-electron chi connectivity index (χ4n) is 1.40. The number of non-ortho nitro benzene ring substituents is 1. The molecule has 2 rings (SSSR count). The van der Waals surface area contributed by atoms with Gasteiger partial charge in [-0.1, -0.05) is 22.0 Å². The molecular weight excluding hydrogens is 460 g/mol. The Labute approximate surface area is 139 Å². The molecular formula is C12H7Br3N2O3. The molecule has 0 N–H and O–H groups in total. The van der Waals surface area contributed by atoms with Crippen LogP contribution in [0.5, 0.6) is 11.6 Å². The highest BCUT2D eigenvalue weighted by Gasteiger charge is 2.16. The minimum Gasteiger partial charge on any atom is -0.437 e. The lowest BCUT2D eigenvalue weighted by molar-refractivity contribution is -0.385. The van der Waals surface area contributed by atoms with Crippen molar-refractivity contribution in [1.82, 2.24) is 4.98 Å². The molecule has 2 aromatic rings. The van der Waals surface area contributed by atoms with Crippen molar-refractivity contribution in [3.05, 3.63) is 55.1 Å². The molecule has 1 aromatic heterocycles. The predicted octanol–water partition coefficient (Wildman–Crippen LogP) is 5.20. The van der Waals surface area contributed by atoms with Crippen LogP contribution < -0.4 is 4.74 Å². The van der Waals surface area contributed by atoms with Gasteiger partial charge in [-0.2, -0.15) is 0 Å². The Morgan fingerprint density at radius 3 is 2.35 bits per heavy atom. The molecule has 5 nitrogen and oxygen atoms in total. The number of nitro benzene ring substituents is 1. The van der Waals surface area contributed by atoms with Gasteiger partial charge in [-0.05, 0) is 37.4 Å². The van der Waals surface area contributed by atoms with Gasteiger partial charge in [-0.15, -0.1) is 0 Å². The van der Waals surface area contributed by atoms with Crippen LogP contribution in [0, 0.1) is 10.1 Å². The maximum absolute atomic E-state index is 10.8. The van der Waals surface area contributed by atoms with E-state index in [-0.39, 0.29) is 5.69 Å². The molecule has 0 saturated heterocycles. The maximum Gasteiger partial charge on any atom is 0.271 e. The fourth-order valence-corrected chi connectivity index (χ4v) is 3.06. The summed E-state index contributed by atoms with van der Waals surface area (Å²) < 4.78 is 6.58. The van der Waals surface area contributed by atoms with Gasteiger partial charge in [-0.3, -0.25) is 10.1 Å². The van der Waals surface area contributed by atoms with Gasteiger partial charge >= 0.3 is 0 Å². The molecule has 20 heavy (non-hydrogen) atoms. The van der Waals surface area contributed by atoms with Crippen molar-refractivity contribution in [2.75, 3.05) is 0 Å². The number of nitro groups is 1. The molecule has 0 aliphatic heterocycles. The Kier molecular flexibility index (Phi) is 5.11. The van der Waals surface area contributed by atoms with Crippen LogP contribution in [0.25, 0.3) is 0 Å². The lowest BCUT2D eigenvalue weighted by Gasteiger charge is -2.09. The summed E-state index contributed by atoms with van der Waals surface area (Å²) in [5, 5.41) is 11.5. The van der Waals surface area contributed by atoms with Gasteiger partial charge in [0.1, 0.15) is 0 Å². The summed E-state index contributed by atoms with van der Waals surface area (Å²) in [7, 11) is 0. The second-order valence-electron chi connectivity index (χ2n) is 3.74. The van der Waals surface area contributed by atoms with Crippen LogP contribution in [0.3, 0.4) is 0 Å². The molecule has 0 spiro atoms. The van der Waals surface area contributed by atoms with Crippen LogP contribution in [0.1, 0.15) is 5.56 Å². The highest BCUT2D eigenvalue weighted by Crippen LogP contribution is 2.39. The van der Waals surface area contributed by atoms with Crippen LogP contribution in [-0.4, -0.2) is 9.91 Å². The Morgan fingerprint density at radius 2 is 1.90 bits per heavy atom. The lowest BCUT2D eigenvalue weighted by Crippen LogP contribution is -1.93. The molecule has 0 amide bonds. The molecule has 0 aliphatic carbocycles. The van der Waals surface area contributed by atoms with E-state index in [1.807, 2.05) is 6.07 Å². The number of aromatic nitrogens is 1. The smallest absolute Gasteiger partial charge is 0.271 e. The lowest BCUT2D eigenvalue weighted by atomic mass is 10.3. The quantitative estimate of drug-likeness (QED) is 0.353. The summed E-state index contributed by atoms with van der Waals surface area (Å²) in [6, 6.07) is 6.38. The van der Waals surface area contributed by atoms with E-state index >= 15 is 0 Å². The first-order chi connectivity index (χ1) is 9.51. The third-order valence-corrected chi connectivity index (χ3v) is 4.18. The van der Waals surface area contributed by atoms with Crippen LogP contribution >= 0.6 is 47.8 Å². The highest BCUT2D eigenvalue weighted by molar-refractivity contribution is 9.11. The average molecular weight is 467 g/mol. The largest absolute Gasteiger partial charge is 0.437 e. The van der Waals surface area contributed by atoms with Crippen LogP contribution in [-0.2, 0) is 5.33 Å². The zero-order chi connectivity index (χ0) is 14.7. The van der Waals surface area contributed by atoms with Gasteiger partial charge in [-0.25, -0.2) is 4.98 Å². The van der Waals surface area contributed by atoms with Gasteiger partial charge < -0.3 is 4.74 Å². The summed E-state index contributed by atoms with van der Waals surface area (Å²) in [5.41, 5.74) is 0.998. The molecule has 0 aliphatic rings. The van der Waals surface area contributed by atoms with Crippen molar-refractivity contribution in [2.45, 2.75) is 5.33 Å². The molecule has 0 unspecified atom stereocenters. The normalized spacial score (nSPS) is 10.3. The number of ether oxygens (including phenoxy) is 1. The fraction of sp³-hybridized carbons (Fsp3) is 0.0833. The van der Waals surface area contributed by atoms with Gasteiger partial charge in [0.25, 0.3) is 5.69 Å². The van der Waals surface area contributed by atoms with E-state index in [9.17, 15) is 10.1 Å². The van der Waals surface area contributed by atoms with Crippen molar-refractivity contribution < 1.29 is 9.66 Å². The number of rotatable bonds is 4. The Morgan fingerprint density at radius 1 is 1.25 bits per heavy atom. The minimum atomic E-state index is -0.470. The zero-order valence-electron chi connectivity index (χ0n) is 9.85. The van der Waals surface area contributed by atoms with E-state index in [0.29, 0.717) is 25.9 Å².